The summed E-state index contributed by atoms with van der Waals surface area (Å²) in [5.41, 5.74) is -0.290. The van der Waals surface area contributed by atoms with Crippen molar-refractivity contribution >= 4 is 16.8 Å². The Morgan fingerprint density at radius 2 is 1.90 bits per heavy atom. The van der Waals surface area contributed by atoms with Crippen LogP contribution in [0.5, 0.6) is 0 Å². The summed E-state index contributed by atoms with van der Waals surface area (Å²) in [5.74, 6) is -0.00382. The zero-order chi connectivity index (χ0) is 21.9. The topological polar surface area (TPSA) is 66.1 Å². The van der Waals surface area contributed by atoms with Gasteiger partial charge in [0, 0.05) is 6.04 Å². The van der Waals surface area contributed by atoms with Crippen molar-refractivity contribution in [1.29, 1.82) is 0 Å². The lowest BCUT2D eigenvalue weighted by molar-refractivity contribution is -0.138. The Morgan fingerprint density at radius 1 is 1.17 bits per heavy atom. The molecule has 3 aromatic rings. The number of hydrogen-bond acceptors (Lipinski definition) is 3. The highest BCUT2D eigenvalue weighted by atomic mass is 19.4. The van der Waals surface area contributed by atoms with E-state index in [4.69, 9.17) is 0 Å². The fourth-order valence-corrected chi connectivity index (χ4v) is 3.22. The van der Waals surface area contributed by atoms with Gasteiger partial charge in [0.25, 0.3) is 5.56 Å². The van der Waals surface area contributed by atoms with Crippen LogP contribution in [0.25, 0.3) is 10.9 Å². The highest BCUT2D eigenvalue weighted by molar-refractivity contribution is 5.79. The monoisotopic (exact) mass is 417 g/mol. The van der Waals surface area contributed by atoms with E-state index in [9.17, 15) is 22.8 Å². The first-order valence-corrected chi connectivity index (χ1v) is 9.62. The largest absolute Gasteiger partial charge is 0.416 e. The second kappa shape index (κ2) is 8.69. The molecule has 3 rings (SSSR count). The third-order valence-electron chi connectivity index (χ3n) is 5.03. The Kier molecular flexibility index (Phi) is 6.24. The van der Waals surface area contributed by atoms with Crippen LogP contribution in [0, 0.1) is 0 Å². The normalized spacial score (nSPS) is 12.7. The average Bonchev–Trinajstić information content (AvgIpc) is 2.71. The van der Waals surface area contributed by atoms with Crippen LogP contribution in [0.4, 0.5) is 13.2 Å². The Hall–Kier alpha value is -3.16. The summed E-state index contributed by atoms with van der Waals surface area (Å²) in [5, 5.41) is 0.451. The molecule has 2 aromatic carbocycles. The lowest BCUT2D eigenvalue weighted by atomic mass is 10.1. The fourth-order valence-electron chi connectivity index (χ4n) is 3.22. The average molecular weight is 417 g/mol. The fraction of sp³-hybridized carbons (Fsp3) is 0.318. The van der Waals surface area contributed by atoms with Gasteiger partial charge in [0.05, 0.1) is 29.4 Å². The van der Waals surface area contributed by atoms with Crippen molar-refractivity contribution in [3.8, 4) is 0 Å². The van der Waals surface area contributed by atoms with E-state index < -0.39 is 11.7 Å². The molecule has 5 nitrogen and oxygen atoms in total. The summed E-state index contributed by atoms with van der Waals surface area (Å²) in [6.07, 6.45) is -4.00. The number of alkyl halides is 3. The Labute approximate surface area is 171 Å². The van der Waals surface area contributed by atoms with Crippen molar-refractivity contribution in [2.45, 2.75) is 45.5 Å². The zero-order valence-corrected chi connectivity index (χ0v) is 16.7. The van der Waals surface area contributed by atoms with Crippen LogP contribution in [0.3, 0.4) is 0 Å². The molecule has 158 valence electrons. The first-order chi connectivity index (χ1) is 14.2. The first-order valence-electron chi connectivity index (χ1n) is 9.62. The SMILES string of the molecule is CC[C@H](C)N(Cc1nc2ccccc2c(=O)[nH]1)C(=O)Cc1cccc(C(F)(F)F)c1. The number of H-pyrrole nitrogens is 1. The third-order valence-corrected chi connectivity index (χ3v) is 5.03. The van der Waals surface area contributed by atoms with Crippen molar-refractivity contribution in [3.05, 3.63) is 75.8 Å². The maximum absolute atomic E-state index is 13.0. The molecule has 1 atom stereocenters. The van der Waals surface area contributed by atoms with E-state index in [-0.39, 0.29) is 36.0 Å². The molecule has 0 aliphatic carbocycles. The van der Waals surface area contributed by atoms with Crippen LogP contribution >= 0.6 is 0 Å². The molecule has 0 unspecified atom stereocenters. The summed E-state index contributed by atoms with van der Waals surface area (Å²) in [6.45, 7) is 3.82. The first kappa shape index (κ1) is 21.5. The van der Waals surface area contributed by atoms with Crippen molar-refractivity contribution in [3.63, 3.8) is 0 Å². The van der Waals surface area contributed by atoms with E-state index in [2.05, 4.69) is 9.97 Å². The smallest absolute Gasteiger partial charge is 0.332 e. The Balaban J connectivity index is 1.86. The van der Waals surface area contributed by atoms with E-state index in [1.165, 1.54) is 17.0 Å². The molecule has 0 spiro atoms. The van der Waals surface area contributed by atoms with Gasteiger partial charge in [-0.1, -0.05) is 37.3 Å². The predicted octanol–water partition coefficient (Wildman–Crippen LogP) is 4.31. The van der Waals surface area contributed by atoms with Gasteiger partial charge >= 0.3 is 6.18 Å². The van der Waals surface area contributed by atoms with Gasteiger partial charge in [-0.15, -0.1) is 0 Å². The van der Waals surface area contributed by atoms with Gasteiger partial charge in [-0.2, -0.15) is 13.2 Å². The Bertz CT molecular complexity index is 1110. The zero-order valence-electron chi connectivity index (χ0n) is 16.7. The number of aromatic nitrogens is 2. The van der Waals surface area contributed by atoms with E-state index in [0.29, 0.717) is 23.1 Å². The summed E-state index contributed by atoms with van der Waals surface area (Å²) in [4.78, 5) is 33.9. The number of fused-ring (bicyclic) bond motifs is 1. The van der Waals surface area contributed by atoms with E-state index in [1.807, 2.05) is 13.8 Å². The molecule has 8 heteroatoms. The Morgan fingerprint density at radius 3 is 2.60 bits per heavy atom. The maximum Gasteiger partial charge on any atom is 0.416 e. The summed E-state index contributed by atoms with van der Waals surface area (Å²) in [7, 11) is 0. The molecule has 1 amide bonds. The molecule has 0 saturated heterocycles. The molecule has 1 aromatic heterocycles. The van der Waals surface area contributed by atoms with Gasteiger partial charge in [0.1, 0.15) is 5.82 Å². The molecule has 30 heavy (non-hydrogen) atoms. The second-order valence-corrected chi connectivity index (χ2v) is 7.18. The molecule has 0 radical (unpaired) electrons. The van der Waals surface area contributed by atoms with Crippen LogP contribution < -0.4 is 5.56 Å². The third kappa shape index (κ3) is 4.87. The minimum atomic E-state index is -4.47. The number of para-hydroxylation sites is 1. The van der Waals surface area contributed by atoms with E-state index in [1.54, 1.807) is 24.3 Å². The second-order valence-electron chi connectivity index (χ2n) is 7.18. The summed E-state index contributed by atoms with van der Waals surface area (Å²) >= 11 is 0. The van der Waals surface area contributed by atoms with Crippen LogP contribution in [0.2, 0.25) is 0 Å². The number of amides is 1. The molecule has 0 bridgehead atoms. The minimum absolute atomic E-state index is 0.0624. The van der Waals surface area contributed by atoms with Gasteiger partial charge < -0.3 is 9.88 Å². The molecular formula is C22H22F3N3O2. The lowest BCUT2D eigenvalue weighted by Gasteiger charge is -2.28. The van der Waals surface area contributed by atoms with Crippen molar-refractivity contribution in [2.24, 2.45) is 0 Å². The highest BCUT2D eigenvalue weighted by Gasteiger charge is 2.30. The molecule has 0 aliphatic rings. The van der Waals surface area contributed by atoms with Crippen LogP contribution in [0.15, 0.2) is 53.3 Å². The molecule has 1 N–H and O–H groups in total. The van der Waals surface area contributed by atoms with Gasteiger partial charge in [0.2, 0.25) is 5.91 Å². The number of nitrogens with one attached hydrogen (secondary N) is 1. The van der Waals surface area contributed by atoms with Gasteiger partial charge in [-0.25, -0.2) is 4.98 Å². The van der Waals surface area contributed by atoms with Crippen LogP contribution in [-0.4, -0.2) is 26.8 Å². The van der Waals surface area contributed by atoms with Crippen LogP contribution in [-0.2, 0) is 23.9 Å². The van der Waals surface area contributed by atoms with E-state index >= 15 is 0 Å². The van der Waals surface area contributed by atoms with Crippen molar-refractivity contribution in [2.75, 3.05) is 0 Å². The van der Waals surface area contributed by atoms with Crippen molar-refractivity contribution < 1.29 is 18.0 Å². The summed E-state index contributed by atoms with van der Waals surface area (Å²) in [6, 6.07) is 11.5. The minimum Gasteiger partial charge on any atom is -0.332 e. The van der Waals surface area contributed by atoms with Crippen LogP contribution in [0.1, 0.15) is 37.2 Å². The number of hydrogen-bond donors (Lipinski definition) is 1. The predicted molar refractivity (Wildman–Crippen MR) is 108 cm³/mol. The highest BCUT2D eigenvalue weighted by Crippen LogP contribution is 2.29. The molecule has 0 saturated carbocycles. The molecular weight excluding hydrogens is 395 g/mol. The number of carbonyl (C=O) groups excluding carboxylic acids is 1. The van der Waals surface area contributed by atoms with Gasteiger partial charge in [-0.05, 0) is 37.1 Å². The number of carbonyl (C=O) groups is 1. The van der Waals surface area contributed by atoms with Crippen molar-refractivity contribution in [1.82, 2.24) is 14.9 Å². The number of rotatable bonds is 6. The van der Waals surface area contributed by atoms with Gasteiger partial charge in [0.15, 0.2) is 0 Å². The lowest BCUT2D eigenvalue weighted by Crippen LogP contribution is -2.39. The number of halogens is 3. The number of aromatic amines is 1. The standard InChI is InChI=1S/C22H22F3N3O2/c1-3-14(2)28(13-19-26-18-10-5-4-9-17(18)21(30)27-19)20(29)12-15-7-6-8-16(11-15)22(23,24)25/h4-11,14H,3,12-13H2,1-2H3,(H,26,27,30)/t14-/m0/s1. The summed E-state index contributed by atoms with van der Waals surface area (Å²) < 4.78 is 38.9. The quantitative estimate of drug-likeness (QED) is 0.650. The molecule has 0 aliphatic heterocycles. The maximum atomic E-state index is 13.0. The number of nitrogens with zero attached hydrogens (tertiary/aromatic N) is 2. The van der Waals surface area contributed by atoms with Gasteiger partial charge in [-0.3, -0.25) is 9.59 Å². The van der Waals surface area contributed by atoms with E-state index in [0.717, 1.165) is 12.1 Å². The molecule has 0 fully saturated rings. The number of benzene rings is 2. The molecule has 1 heterocycles.